The Hall–Kier alpha value is -1.03. The average Bonchev–Trinajstić information content (AvgIpc) is 2.71. The van der Waals surface area contributed by atoms with E-state index >= 15 is 0 Å². The molecule has 1 amide bonds. The lowest BCUT2D eigenvalue weighted by Crippen LogP contribution is -2.43. The van der Waals surface area contributed by atoms with E-state index in [2.05, 4.69) is 17.3 Å². The first-order chi connectivity index (χ1) is 8.99. The van der Waals surface area contributed by atoms with Crippen LogP contribution in [0.3, 0.4) is 0 Å². The molecular formula is C14H22ClN3O. The van der Waals surface area contributed by atoms with Crippen molar-refractivity contribution in [3.8, 4) is 0 Å². The highest BCUT2D eigenvalue weighted by Crippen LogP contribution is 2.24. The molecule has 1 N–H and O–H groups in total. The monoisotopic (exact) mass is 283 g/mol. The standard InChI is InChI=1S/C14H22ClN3O/c1-9-6-4-5-7-13(9)16-14(19)11(3)18-8-12(15)10(2)17-18/h8-9,11,13H,4-7H2,1-3H3,(H,16,19)/t9-,11+,13-/m0/s1. The van der Waals surface area contributed by atoms with Gasteiger partial charge < -0.3 is 5.32 Å². The Balaban J connectivity index is 1.99. The predicted molar refractivity (Wildman–Crippen MR) is 76.2 cm³/mol. The van der Waals surface area contributed by atoms with Crippen LogP contribution >= 0.6 is 11.6 Å². The van der Waals surface area contributed by atoms with Crippen LogP contribution in [0.2, 0.25) is 5.02 Å². The van der Waals surface area contributed by atoms with Crippen molar-refractivity contribution in [3.05, 3.63) is 16.9 Å². The molecule has 0 aliphatic heterocycles. The minimum atomic E-state index is -0.319. The summed E-state index contributed by atoms with van der Waals surface area (Å²) in [6, 6.07) is -0.0174. The number of aryl methyl sites for hydroxylation is 1. The van der Waals surface area contributed by atoms with E-state index in [0.29, 0.717) is 17.0 Å². The van der Waals surface area contributed by atoms with Crippen LogP contribution in [0.25, 0.3) is 0 Å². The molecule has 1 aliphatic carbocycles. The minimum Gasteiger partial charge on any atom is -0.351 e. The van der Waals surface area contributed by atoms with E-state index in [1.54, 1.807) is 10.9 Å². The smallest absolute Gasteiger partial charge is 0.244 e. The molecule has 0 spiro atoms. The van der Waals surface area contributed by atoms with Gasteiger partial charge in [-0.3, -0.25) is 9.48 Å². The van der Waals surface area contributed by atoms with Crippen LogP contribution in [0.4, 0.5) is 0 Å². The summed E-state index contributed by atoms with van der Waals surface area (Å²) in [7, 11) is 0. The van der Waals surface area contributed by atoms with E-state index in [0.717, 1.165) is 12.1 Å². The van der Waals surface area contributed by atoms with Crippen LogP contribution < -0.4 is 5.32 Å². The predicted octanol–water partition coefficient (Wildman–Crippen LogP) is 3.10. The highest BCUT2D eigenvalue weighted by atomic mass is 35.5. The molecule has 1 aromatic rings. The van der Waals surface area contributed by atoms with Gasteiger partial charge in [-0.1, -0.05) is 31.4 Å². The van der Waals surface area contributed by atoms with E-state index in [4.69, 9.17) is 11.6 Å². The van der Waals surface area contributed by atoms with Gasteiger partial charge in [0.1, 0.15) is 6.04 Å². The molecule has 2 rings (SSSR count). The number of hydrogen-bond donors (Lipinski definition) is 1. The maximum atomic E-state index is 12.3. The molecule has 0 radical (unpaired) electrons. The number of rotatable bonds is 3. The Bertz CT molecular complexity index is 438. The van der Waals surface area contributed by atoms with Gasteiger partial charge in [-0.2, -0.15) is 5.10 Å². The zero-order chi connectivity index (χ0) is 14.0. The number of carbonyl (C=O) groups is 1. The number of aromatic nitrogens is 2. The van der Waals surface area contributed by atoms with Gasteiger partial charge in [0.15, 0.2) is 0 Å². The van der Waals surface area contributed by atoms with Crippen molar-refractivity contribution < 1.29 is 4.79 Å². The molecular weight excluding hydrogens is 262 g/mol. The number of amides is 1. The fourth-order valence-corrected chi connectivity index (χ4v) is 2.75. The molecule has 1 fully saturated rings. The van der Waals surface area contributed by atoms with Crippen LogP contribution in [0.1, 0.15) is 51.3 Å². The Morgan fingerprint density at radius 1 is 1.53 bits per heavy atom. The summed E-state index contributed by atoms with van der Waals surface area (Å²) in [5, 5.41) is 8.02. The van der Waals surface area contributed by atoms with Crippen molar-refractivity contribution in [2.45, 2.75) is 58.5 Å². The maximum Gasteiger partial charge on any atom is 0.244 e. The van der Waals surface area contributed by atoms with Gasteiger partial charge in [0.25, 0.3) is 0 Å². The molecule has 1 saturated carbocycles. The summed E-state index contributed by atoms with van der Waals surface area (Å²) < 4.78 is 1.64. The molecule has 0 saturated heterocycles. The van der Waals surface area contributed by atoms with Gasteiger partial charge in [0.2, 0.25) is 5.91 Å². The quantitative estimate of drug-likeness (QED) is 0.926. The van der Waals surface area contributed by atoms with Gasteiger partial charge in [-0.15, -0.1) is 0 Å². The first-order valence-electron chi connectivity index (χ1n) is 7.00. The molecule has 3 atom stereocenters. The molecule has 4 nitrogen and oxygen atoms in total. The number of nitrogens with one attached hydrogen (secondary N) is 1. The second-order valence-corrected chi connectivity index (χ2v) is 6.00. The maximum absolute atomic E-state index is 12.3. The topological polar surface area (TPSA) is 46.9 Å². The Morgan fingerprint density at radius 2 is 2.21 bits per heavy atom. The lowest BCUT2D eigenvalue weighted by Gasteiger charge is -2.30. The number of halogens is 1. The van der Waals surface area contributed by atoms with Crippen molar-refractivity contribution in [1.29, 1.82) is 0 Å². The van der Waals surface area contributed by atoms with Crippen molar-refractivity contribution in [2.75, 3.05) is 0 Å². The van der Waals surface area contributed by atoms with E-state index < -0.39 is 0 Å². The van der Waals surface area contributed by atoms with Crippen LogP contribution in [0.15, 0.2) is 6.20 Å². The van der Waals surface area contributed by atoms with Gasteiger partial charge >= 0.3 is 0 Å². The van der Waals surface area contributed by atoms with Gasteiger partial charge in [-0.05, 0) is 32.6 Å². The van der Waals surface area contributed by atoms with Crippen LogP contribution in [0.5, 0.6) is 0 Å². The summed E-state index contributed by atoms with van der Waals surface area (Å²) >= 11 is 5.98. The molecule has 0 aromatic carbocycles. The zero-order valence-electron chi connectivity index (χ0n) is 11.8. The molecule has 5 heteroatoms. The van der Waals surface area contributed by atoms with Crippen molar-refractivity contribution >= 4 is 17.5 Å². The summed E-state index contributed by atoms with van der Waals surface area (Å²) in [4.78, 5) is 12.3. The Kier molecular flexibility index (Phi) is 4.50. The third-order valence-electron chi connectivity index (χ3n) is 4.07. The first kappa shape index (κ1) is 14.4. The molecule has 0 unspecified atom stereocenters. The summed E-state index contributed by atoms with van der Waals surface area (Å²) in [5.41, 5.74) is 0.757. The lowest BCUT2D eigenvalue weighted by molar-refractivity contribution is -0.125. The summed E-state index contributed by atoms with van der Waals surface area (Å²) in [6.45, 7) is 5.90. The summed E-state index contributed by atoms with van der Waals surface area (Å²) in [5.74, 6) is 0.589. The highest BCUT2D eigenvalue weighted by Gasteiger charge is 2.25. The van der Waals surface area contributed by atoms with Crippen molar-refractivity contribution in [2.24, 2.45) is 5.92 Å². The SMILES string of the molecule is Cc1nn([C@H](C)C(=O)N[C@H]2CCCC[C@@H]2C)cc1Cl. The molecule has 0 bridgehead atoms. The van der Waals surface area contributed by atoms with Crippen LogP contribution in [-0.2, 0) is 4.79 Å². The number of nitrogens with zero attached hydrogens (tertiary/aromatic N) is 2. The number of carbonyl (C=O) groups excluding carboxylic acids is 1. The molecule has 1 heterocycles. The second kappa shape index (κ2) is 5.95. The molecule has 1 aliphatic rings. The normalized spacial score (nSPS) is 25.1. The molecule has 19 heavy (non-hydrogen) atoms. The zero-order valence-corrected chi connectivity index (χ0v) is 12.6. The van der Waals surface area contributed by atoms with Gasteiger partial charge in [-0.25, -0.2) is 0 Å². The van der Waals surface area contributed by atoms with Crippen LogP contribution in [0, 0.1) is 12.8 Å². The largest absolute Gasteiger partial charge is 0.351 e. The highest BCUT2D eigenvalue weighted by molar-refractivity contribution is 6.31. The average molecular weight is 284 g/mol. The fraction of sp³-hybridized carbons (Fsp3) is 0.714. The molecule has 1 aromatic heterocycles. The Labute approximate surface area is 119 Å². The van der Waals surface area contributed by atoms with Crippen LogP contribution in [-0.4, -0.2) is 21.7 Å². The van der Waals surface area contributed by atoms with Gasteiger partial charge in [0.05, 0.1) is 10.7 Å². The lowest BCUT2D eigenvalue weighted by atomic mass is 9.86. The first-order valence-corrected chi connectivity index (χ1v) is 7.38. The fourth-order valence-electron chi connectivity index (χ4n) is 2.61. The van der Waals surface area contributed by atoms with E-state index in [9.17, 15) is 4.79 Å². The van der Waals surface area contributed by atoms with Crippen molar-refractivity contribution in [1.82, 2.24) is 15.1 Å². The Morgan fingerprint density at radius 3 is 2.79 bits per heavy atom. The van der Waals surface area contributed by atoms with E-state index in [1.165, 1.54) is 19.3 Å². The third-order valence-corrected chi connectivity index (χ3v) is 4.44. The van der Waals surface area contributed by atoms with Crippen molar-refractivity contribution in [3.63, 3.8) is 0 Å². The van der Waals surface area contributed by atoms with E-state index in [1.807, 2.05) is 13.8 Å². The minimum absolute atomic E-state index is 0.0258. The van der Waals surface area contributed by atoms with Gasteiger partial charge in [0, 0.05) is 12.2 Å². The molecule has 106 valence electrons. The van der Waals surface area contributed by atoms with E-state index in [-0.39, 0.29) is 11.9 Å². The second-order valence-electron chi connectivity index (χ2n) is 5.60. The summed E-state index contributed by atoms with van der Waals surface area (Å²) in [6.07, 6.45) is 6.48. The third kappa shape index (κ3) is 3.30. The number of hydrogen-bond acceptors (Lipinski definition) is 2.